The molecule has 1 aromatic rings. The van der Waals surface area contributed by atoms with E-state index in [4.69, 9.17) is 4.74 Å². The third kappa shape index (κ3) is 3.62. The van der Waals surface area contributed by atoms with Crippen LogP contribution in [0.2, 0.25) is 0 Å². The first-order valence-electron chi connectivity index (χ1n) is 8.22. The summed E-state index contributed by atoms with van der Waals surface area (Å²) in [6.45, 7) is 9.40. The van der Waals surface area contributed by atoms with Crippen molar-refractivity contribution >= 4 is 0 Å². The molecule has 0 saturated heterocycles. The Hall–Kier alpha value is -0.860. The molecule has 2 atom stereocenters. The van der Waals surface area contributed by atoms with Crippen molar-refractivity contribution < 1.29 is 4.74 Å². The molecule has 1 aliphatic rings. The van der Waals surface area contributed by atoms with E-state index >= 15 is 0 Å². The van der Waals surface area contributed by atoms with Crippen LogP contribution in [-0.4, -0.2) is 6.54 Å². The highest BCUT2D eigenvalue weighted by Crippen LogP contribution is 2.31. The third-order valence-corrected chi connectivity index (χ3v) is 4.45. The van der Waals surface area contributed by atoms with Gasteiger partial charge in [0.05, 0.1) is 13.2 Å². The Morgan fingerprint density at radius 3 is 2.65 bits per heavy atom. The van der Waals surface area contributed by atoms with E-state index in [1.54, 1.807) is 0 Å². The highest BCUT2D eigenvalue weighted by molar-refractivity contribution is 5.35. The number of ether oxygens (including phenoxy) is 1. The fraction of sp³-hybridized carbons (Fsp3) is 0.667. The standard InChI is InChI=1S/C18H29NO/c1-4-7-8-14(5-2)18(19-6-3)15-9-10-16-12-20-13-17(16)11-15/h9-11,14,18-19H,4-8,12-13H2,1-3H3. The summed E-state index contributed by atoms with van der Waals surface area (Å²) in [6, 6.07) is 7.41. The van der Waals surface area contributed by atoms with Crippen molar-refractivity contribution in [3.63, 3.8) is 0 Å². The maximum absolute atomic E-state index is 5.54. The lowest BCUT2D eigenvalue weighted by atomic mass is 9.86. The molecule has 1 aromatic carbocycles. The molecule has 0 aliphatic carbocycles. The first-order chi connectivity index (χ1) is 9.80. The van der Waals surface area contributed by atoms with E-state index in [2.05, 4.69) is 44.3 Å². The zero-order chi connectivity index (χ0) is 14.4. The molecule has 0 amide bonds. The number of nitrogens with one attached hydrogen (secondary N) is 1. The van der Waals surface area contributed by atoms with Crippen molar-refractivity contribution in [1.29, 1.82) is 0 Å². The molecular formula is C18H29NO. The van der Waals surface area contributed by atoms with E-state index in [9.17, 15) is 0 Å². The molecule has 0 saturated carbocycles. The Labute approximate surface area is 123 Å². The number of rotatable bonds is 8. The molecule has 0 fully saturated rings. The second kappa shape index (κ2) is 7.80. The zero-order valence-electron chi connectivity index (χ0n) is 13.2. The third-order valence-electron chi connectivity index (χ3n) is 4.45. The summed E-state index contributed by atoms with van der Waals surface area (Å²) in [5.41, 5.74) is 4.19. The van der Waals surface area contributed by atoms with Crippen molar-refractivity contribution in [1.82, 2.24) is 5.32 Å². The summed E-state index contributed by atoms with van der Waals surface area (Å²) in [5, 5.41) is 3.71. The predicted octanol–water partition coefficient (Wildman–Crippen LogP) is 4.58. The molecule has 20 heavy (non-hydrogen) atoms. The van der Waals surface area contributed by atoms with E-state index in [0.29, 0.717) is 6.04 Å². The molecule has 2 rings (SSSR count). The molecule has 1 heterocycles. The molecule has 2 heteroatoms. The van der Waals surface area contributed by atoms with Gasteiger partial charge in [-0.25, -0.2) is 0 Å². The molecule has 2 nitrogen and oxygen atoms in total. The SMILES string of the molecule is CCCCC(CC)C(NCC)c1ccc2c(c1)COC2. The molecule has 0 spiro atoms. The van der Waals surface area contributed by atoms with Gasteiger partial charge in [0, 0.05) is 6.04 Å². The lowest BCUT2D eigenvalue weighted by Crippen LogP contribution is -2.28. The maximum atomic E-state index is 5.54. The summed E-state index contributed by atoms with van der Waals surface area (Å²) in [5.74, 6) is 0.732. The summed E-state index contributed by atoms with van der Waals surface area (Å²) in [4.78, 5) is 0. The molecule has 1 N–H and O–H groups in total. The van der Waals surface area contributed by atoms with Crippen LogP contribution in [0.15, 0.2) is 18.2 Å². The van der Waals surface area contributed by atoms with Gasteiger partial charge in [0.1, 0.15) is 0 Å². The van der Waals surface area contributed by atoms with Crippen LogP contribution in [0.3, 0.4) is 0 Å². The summed E-state index contributed by atoms with van der Waals surface area (Å²) >= 11 is 0. The van der Waals surface area contributed by atoms with Crippen LogP contribution in [0, 0.1) is 5.92 Å². The quantitative estimate of drug-likeness (QED) is 0.749. The number of unbranched alkanes of at least 4 members (excludes halogenated alkanes) is 1. The second-order valence-corrected chi connectivity index (χ2v) is 5.87. The van der Waals surface area contributed by atoms with E-state index in [1.807, 2.05) is 0 Å². The topological polar surface area (TPSA) is 21.3 Å². The molecule has 2 unspecified atom stereocenters. The second-order valence-electron chi connectivity index (χ2n) is 5.87. The Kier molecular flexibility index (Phi) is 6.06. The number of hydrogen-bond acceptors (Lipinski definition) is 2. The van der Waals surface area contributed by atoms with Crippen LogP contribution in [0.1, 0.15) is 69.2 Å². The molecular weight excluding hydrogens is 246 g/mol. The van der Waals surface area contributed by atoms with E-state index in [0.717, 1.165) is 25.7 Å². The first-order valence-corrected chi connectivity index (χ1v) is 8.22. The average Bonchev–Trinajstić information content (AvgIpc) is 2.94. The van der Waals surface area contributed by atoms with Gasteiger partial charge < -0.3 is 10.1 Å². The highest BCUT2D eigenvalue weighted by Gasteiger charge is 2.22. The van der Waals surface area contributed by atoms with Crippen molar-refractivity contribution in [3.8, 4) is 0 Å². The van der Waals surface area contributed by atoms with Gasteiger partial charge >= 0.3 is 0 Å². The monoisotopic (exact) mass is 275 g/mol. The first kappa shape index (κ1) is 15.5. The number of fused-ring (bicyclic) bond motifs is 1. The van der Waals surface area contributed by atoms with Crippen LogP contribution in [-0.2, 0) is 18.0 Å². The minimum atomic E-state index is 0.488. The van der Waals surface area contributed by atoms with Gasteiger partial charge in [-0.2, -0.15) is 0 Å². The minimum absolute atomic E-state index is 0.488. The van der Waals surface area contributed by atoms with Gasteiger partial charge in [-0.05, 0) is 35.6 Å². The number of hydrogen-bond donors (Lipinski definition) is 1. The van der Waals surface area contributed by atoms with Crippen LogP contribution in [0.5, 0.6) is 0 Å². The zero-order valence-corrected chi connectivity index (χ0v) is 13.2. The highest BCUT2D eigenvalue weighted by atomic mass is 16.5. The summed E-state index contributed by atoms with van der Waals surface area (Å²) in [7, 11) is 0. The fourth-order valence-electron chi connectivity index (χ4n) is 3.23. The lowest BCUT2D eigenvalue weighted by Gasteiger charge is -2.28. The predicted molar refractivity (Wildman–Crippen MR) is 84.7 cm³/mol. The Bertz CT molecular complexity index is 416. The van der Waals surface area contributed by atoms with Crippen LogP contribution in [0.4, 0.5) is 0 Å². The smallest absolute Gasteiger partial charge is 0.0725 e. The van der Waals surface area contributed by atoms with Gasteiger partial charge in [0.15, 0.2) is 0 Å². The van der Waals surface area contributed by atoms with Crippen molar-refractivity contribution in [2.75, 3.05) is 6.54 Å². The van der Waals surface area contributed by atoms with Gasteiger partial charge in [0.2, 0.25) is 0 Å². The van der Waals surface area contributed by atoms with Crippen molar-refractivity contribution in [3.05, 3.63) is 34.9 Å². The summed E-state index contributed by atoms with van der Waals surface area (Å²) < 4.78 is 5.54. The van der Waals surface area contributed by atoms with Gasteiger partial charge in [-0.3, -0.25) is 0 Å². The number of benzene rings is 1. The van der Waals surface area contributed by atoms with E-state index in [-0.39, 0.29) is 0 Å². The van der Waals surface area contributed by atoms with Gasteiger partial charge in [-0.1, -0.05) is 58.2 Å². The molecule has 0 radical (unpaired) electrons. The Balaban J connectivity index is 2.18. The average molecular weight is 275 g/mol. The normalized spacial score (nSPS) is 16.9. The Morgan fingerprint density at radius 2 is 1.95 bits per heavy atom. The molecule has 0 aromatic heterocycles. The Morgan fingerprint density at radius 1 is 1.15 bits per heavy atom. The van der Waals surface area contributed by atoms with Crippen LogP contribution >= 0.6 is 0 Å². The molecule has 112 valence electrons. The molecule has 1 aliphatic heterocycles. The molecule has 0 bridgehead atoms. The van der Waals surface area contributed by atoms with Crippen LogP contribution < -0.4 is 5.32 Å². The summed E-state index contributed by atoms with van der Waals surface area (Å²) in [6.07, 6.45) is 5.17. The van der Waals surface area contributed by atoms with E-state index in [1.165, 1.54) is 42.4 Å². The minimum Gasteiger partial charge on any atom is -0.372 e. The largest absolute Gasteiger partial charge is 0.372 e. The van der Waals surface area contributed by atoms with Crippen LogP contribution in [0.25, 0.3) is 0 Å². The van der Waals surface area contributed by atoms with Crippen molar-refractivity contribution in [2.45, 2.75) is 65.7 Å². The van der Waals surface area contributed by atoms with Gasteiger partial charge in [-0.15, -0.1) is 0 Å². The van der Waals surface area contributed by atoms with Crippen molar-refractivity contribution in [2.24, 2.45) is 5.92 Å². The maximum Gasteiger partial charge on any atom is 0.0725 e. The fourth-order valence-corrected chi connectivity index (χ4v) is 3.23. The van der Waals surface area contributed by atoms with Gasteiger partial charge in [0.25, 0.3) is 0 Å². The van der Waals surface area contributed by atoms with E-state index < -0.39 is 0 Å². The lowest BCUT2D eigenvalue weighted by molar-refractivity contribution is 0.134.